The number of likely N-dealkylation sites (tertiary alicyclic amines) is 1. The van der Waals surface area contributed by atoms with Crippen LogP contribution >= 0.6 is 12.4 Å². The molecule has 2 fully saturated rings. The minimum absolute atomic E-state index is 0. The zero-order chi connectivity index (χ0) is 10.7. The van der Waals surface area contributed by atoms with Gasteiger partial charge in [-0.3, -0.25) is 4.79 Å². The highest BCUT2D eigenvalue weighted by atomic mass is 35.5. The van der Waals surface area contributed by atoms with Crippen LogP contribution in [0.2, 0.25) is 0 Å². The second kappa shape index (κ2) is 6.45. The van der Waals surface area contributed by atoms with E-state index in [9.17, 15) is 4.79 Å². The van der Waals surface area contributed by atoms with Crippen molar-refractivity contribution in [3.8, 4) is 0 Å². The Morgan fingerprint density at radius 2 is 1.94 bits per heavy atom. The fraction of sp³-hybridized carbons (Fsp3) is 0.917. The van der Waals surface area contributed by atoms with Crippen LogP contribution in [0.25, 0.3) is 0 Å². The van der Waals surface area contributed by atoms with Crippen molar-refractivity contribution >= 4 is 18.3 Å². The molecule has 0 aromatic heterocycles. The lowest BCUT2D eigenvalue weighted by Gasteiger charge is -2.27. The largest absolute Gasteiger partial charge is 0.338 e. The highest BCUT2D eigenvalue weighted by Crippen LogP contribution is 2.29. The number of hydrogen-bond acceptors (Lipinski definition) is 2. The number of nitrogens with one attached hydrogen (secondary N) is 1. The van der Waals surface area contributed by atoms with Crippen molar-refractivity contribution in [2.75, 3.05) is 20.1 Å². The Hall–Kier alpha value is -0.280. The monoisotopic (exact) mass is 246 g/mol. The van der Waals surface area contributed by atoms with E-state index < -0.39 is 0 Å². The van der Waals surface area contributed by atoms with E-state index in [2.05, 4.69) is 10.2 Å². The fourth-order valence-corrected chi connectivity index (χ4v) is 2.98. The molecule has 0 bridgehead atoms. The van der Waals surface area contributed by atoms with Crippen molar-refractivity contribution < 1.29 is 4.79 Å². The van der Waals surface area contributed by atoms with Gasteiger partial charge in [-0.25, -0.2) is 0 Å². The van der Waals surface area contributed by atoms with E-state index in [4.69, 9.17) is 0 Å². The number of nitrogens with zero attached hydrogens (tertiary/aromatic N) is 1. The minimum Gasteiger partial charge on any atom is -0.338 e. The summed E-state index contributed by atoms with van der Waals surface area (Å²) >= 11 is 0. The first-order valence-corrected chi connectivity index (χ1v) is 6.28. The lowest BCUT2D eigenvalue weighted by Crippen LogP contribution is -2.43. The van der Waals surface area contributed by atoms with Crippen LogP contribution in [0.1, 0.15) is 38.5 Å². The van der Waals surface area contributed by atoms with Gasteiger partial charge in [0.1, 0.15) is 0 Å². The first-order chi connectivity index (χ1) is 7.33. The number of amides is 1. The maximum Gasteiger partial charge on any atom is 0.225 e. The molecule has 1 saturated carbocycles. The molecule has 0 aromatic rings. The zero-order valence-corrected chi connectivity index (χ0v) is 10.9. The van der Waals surface area contributed by atoms with E-state index in [1.165, 1.54) is 25.7 Å². The smallest absolute Gasteiger partial charge is 0.225 e. The summed E-state index contributed by atoms with van der Waals surface area (Å²) < 4.78 is 0. The summed E-state index contributed by atoms with van der Waals surface area (Å²) in [5, 5.41) is 3.19. The highest BCUT2D eigenvalue weighted by molar-refractivity contribution is 5.85. The van der Waals surface area contributed by atoms with Crippen LogP contribution in [0.4, 0.5) is 0 Å². The predicted octanol–water partition coefficient (Wildman–Crippen LogP) is 1.81. The van der Waals surface area contributed by atoms with Crippen molar-refractivity contribution in [2.45, 2.75) is 44.6 Å². The lowest BCUT2D eigenvalue weighted by molar-refractivity contribution is -0.136. The molecule has 0 spiro atoms. The van der Waals surface area contributed by atoms with Gasteiger partial charge in [0.25, 0.3) is 0 Å². The molecule has 1 atom stereocenters. The van der Waals surface area contributed by atoms with Gasteiger partial charge in [-0.05, 0) is 32.7 Å². The molecule has 1 unspecified atom stereocenters. The second-order valence-electron chi connectivity index (χ2n) is 4.87. The van der Waals surface area contributed by atoms with Crippen molar-refractivity contribution in [2.24, 2.45) is 5.92 Å². The van der Waals surface area contributed by atoms with Crippen molar-refractivity contribution in [3.63, 3.8) is 0 Å². The molecule has 1 saturated heterocycles. The van der Waals surface area contributed by atoms with Gasteiger partial charge in [-0.2, -0.15) is 0 Å². The Morgan fingerprint density at radius 1 is 1.25 bits per heavy atom. The maximum atomic E-state index is 12.2. The Labute approximate surface area is 104 Å². The first-order valence-electron chi connectivity index (χ1n) is 6.28. The first kappa shape index (κ1) is 13.8. The third kappa shape index (κ3) is 2.89. The third-order valence-electron chi connectivity index (χ3n) is 3.80. The van der Waals surface area contributed by atoms with Gasteiger partial charge in [0, 0.05) is 25.0 Å². The van der Waals surface area contributed by atoms with Crippen LogP contribution in [-0.2, 0) is 4.79 Å². The number of rotatable bonds is 3. The quantitative estimate of drug-likeness (QED) is 0.824. The van der Waals surface area contributed by atoms with Crippen LogP contribution in [0.3, 0.4) is 0 Å². The molecule has 3 nitrogen and oxygen atoms in total. The van der Waals surface area contributed by atoms with Gasteiger partial charge in [0.15, 0.2) is 0 Å². The van der Waals surface area contributed by atoms with Crippen molar-refractivity contribution in [3.05, 3.63) is 0 Å². The lowest BCUT2D eigenvalue weighted by atomic mass is 10.1. The van der Waals surface area contributed by atoms with E-state index >= 15 is 0 Å². The zero-order valence-electron chi connectivity index (χ0n) is 10.1. The fourth-order valence-electron chi connectivity index (χ4n) is 2.98. The highest BCUT2D eigenvalue weighted by Gasteiger charge is 2.33. The molecular weight excluding hydrogens is 224 g/mol. The van der Waals surface area contributed by atoms with E-state index in [0.717, 1.165) is 25.9 Å². The van der Waals surface area contributed by atoms with Crippen LogP contribution in [0, 0.1) is 5.92 Å². The second-order valence-corrected chi connectivity index (χ2v) is 4.87. The third-order valence-corrected chi connectivity index (χ3v) is 3.80. The molecule has 1 amide bonds. The normalized spacial score (nSPS) is 25.8. The summed E-state index contributed by atoms with van der Waals surface area (Å²) in [6, 6.07) is 0.461. The van der Waals surface area contributed by atoms with Gasteiger partial charge >= 0.3 is 0 Å². The molecule has 2 aliphatic rings. The molecular formula is C12H23ClN2O. The molecule has 1 heterocycles. The van der Waals surface area contributed by atoms with Gasteiger partial charge in [0.2, 0.25) is 5.91 Å². The van der Waals surface area contributed by atoms with Gasteiger partial charge < -0.3 is 10.2 Å². The van der Waals surface area contributed by atoms with Crippen LogP contribution < -0.4 is 5.32 Å². The molecule has 1 aliphatic carbocycles. The molecule has 16 heavy (non-hydrogen) atoms. The summed E-state index contributed by atoms with van der Waals surface area (Å²) in [4.78, 5) is 14.4. The Bertz CT molecular complexity index is 229. The number of hydrogen-bond donors (Lipinski definition) is 1. The van der Waals surface area contributed by atoms with Gasteiger partial charge in [-0.1, -0.05) is 12.8 Å². The van der Waals surface area contributed by atoms with Crippen molar-refractivity contribution in [1.29, 1.82) is 0 Å². The topological polar surface area (TPSA) is 32.3 Å². The summed E-state index contributed by atoms with van der Waals surface area (Å²) in [6.07, 6.45) is 7.12. The Morgan fingerprint density at radius 3 is 2.56 bits per heavy atom. The predicted molar refractivity (Wildman–Crippen MR) is 67.9 cm³/mol. The molecule has 4 heteroatoms. The number of carbonyl (C=O) groups excluding carboxylic acids is 1. The van der Waals surface area contributed by atoms with Crippen LogP contribution in [0.5, 0.6) is 0 Å². The van der Waals surface area contributed by atoms with Crippen molar-refractivity contribution in [1.82, 2.24) is 10.2 Å². The van der Waals surface area contributed by atoms with E-state index in [-0.39, 0.29) is 12.4 Å². The molecule has 0 aromatic carbocycles. The van der Waals surface area contributed by atoms with Crippen LogP contribution in [-0.4, -0.2) is 37.0 Å². The average molecular weight is 247 g/mol. The summed E-state index contributed by atoms with van der Waals surface area (Å²) in [7, 11) is 1.97. The maximum absolute atomic E-state index is 12.2. The average Bonchev–Trinajstić information content (AvgIpc) is 2.87. The van der Waals surface area contributed by atoms with Crippen LogP contribution in [0.15, 0.2) is 0 Å². The number of carbonyl (C=O) groups is 1. The summed E-state index contributed by atoms with van der Waals surface area (Å²) in [5.41, 5.74) is 0. The van der Waals surface area contributed by atoms with E-state index in [0.29, 0.717) is 17.9 Å². The molecule has 1 aliphatic heterocycles. The summed E-state index contributed by atoms with van der Waals surface area (Å²) in [5.74, 6) is 0.785. The van der Waals surface area contributed by atoms with Gasteiger partial charge in [0.05, 0.1) is 0 Å². The van der Waals surface area contributed by atoms with E-state index in [1.807, 2.05) is 7.05 Å². The number of halogens is 1. The van der Waals surface area contributed by atoms with E-state index in [1.54, 1.807) is 0 Å². The summed E-state index contributed by atoms with van der Waals surface area (Å²) in [6.45, 7) is 1.94. The molecule has 0 radical (unpaired) electrons. The minimum atomic E-state index is 0. The van der Waals surface area contributed by atoms with Gasteiger partial charge in [-0.15, -0.1) is 12.4 Å². The molecule has 2 rings (SSSR count). The SMILES string of the molecule is CNCC1CCCN1C(=O)C1CCCC1.Cl. The molecule has 94 valence electrons. The Kier molecular flexibility index (Phi) is 5.56. The Balaban J connectivity index is 0.00000128. The number of likely N-dealkylation sites (N-methyl/N-ethyl adjacent to an activating group) is 1. The standard InChI is InChI=1S/C12H22N2O.ClH/c1-13-9-11-7-4-8-14(11)12(15)10-5-2-3-6-10;/h10-11,13H,2-9H2,1H3;1H. The molecule has 1 N–H and O–H groups in total.